The van der Waals surface area contributed by atoms with Gasteiger partial charge in [-0.15, -0.1) is 0 Å². The van der Waals surface area contributed by atoms with Gasteiger partial charge in [0, 0.05) is 0 Å². The quantitative estimate of drug-likeness (QED) is 0.670. The highest BCUT2D eigenvalue weighted by atomic mass is 16.5. The van der Waals surface area contributed by atoms with E-state index in [-0.39, 0.29) is 11.7 Å². The molecule has 22 heavy (non-hydrogen) atoms. The number of aromatic nitrogens is 1. The molecule has 0 radical (unpaired) electrons. The van der Waals surface area contributed by atoms with E-state index in [1.807, 2.05) is 60.7 Å². The van der Waals surface area contributed by atoms with Crippen molar-refractivity contribution >= 4 is 5.78 Å². The van der Waals surface area contributed by atoms with Gasteiger partial charge in [0.15, 0.2) is 5.78 Å². The molecular weight excluding hydrogens is 274 g/mol. The van der Waals surface area contributed by atoms with Gasteiger partial charge in [-0.1, -0.05) is 65.8 Å². The third kappa shape index (κ3) is 2.58. The molecular formula is C19H17NO2. The highest BCUT2D eigenvalue weighted by Crippen LogP contribution is 2.34. The summed E-state index contributed by atoms with van der Waals surface area (Å²) in [6, 6.07) is 20.1. The van der Waals surface area contributed by atoms with E-state index in [0.717, 1.165) is 11.1 Å². The zero-order chi connectivity index (χ0) is 15.5. The first-order chi connectivity index (χ1) is 10.7. The van der Waals surface area contributed by atoms with Crippen LogP contribution in [0, 0.1) is 6.92 Å². The number of nitrogens with zero attached hydrogens (tertiary/aromatic N) is 1. The van der Waals surface area contributed by atoms with E-state index < -0.39 is 0 Å². The lowest BCUT2D eigenvalue weighted by Crippen LogP contribution is -2.09. The molecule has 3 nitrogen and oxygen atoms in total. The van der Waals surface area contributed by atoms with E-state index in [2.05, 4.69) is 5.16 Å². The molecule has 0 saturated carbocycles. The molecule has 3 rings (SSSR count). The van der Waals surface area contributed by atoms with Crippen LogP contribution in [-0.4, -0.2) is 10.9 Å². The molecule has 0 spiro atoms. The van der Waals surface area contributed by atoms with Crippen molar-refractivity contribution < 1.29 is 9.32 Å². The van der Waals surface area contributed by atoms with E-state index in [4.69, 9.17) is 4.52 Å². The molecule has 0 aliphatic heterocycles. The van der Waals surface area contributed by atoms with Gasteiger partial charge in [0.2, 0.25) is 0 Å². The van der Waals surface area contributed by atoms with Gasteiger partial charge in [-0.25, -0.2) is 0 Å². The summed E-state index contributed by atoms with van der Waals surface area (Å²) in [4.78, 5) is 12.0. The summed E-state index contributed by atoms with van der Waals surface area (Å²) >= 11 is 0. The molecule has 0 saturated heterocycles. The van der Waals surface area contributed by atoms with E-state index in [9.17, 15) is 4.79 Å². The van der Waals surface area contributed by atoms with E-state index in [1.54, 1.807) is 13.8 Å². The van der Waals surface area contributed by atoms with Crippen molar-refractivity contribution in [3.63, 3.8) is 0 Å². The zero-order valence-corrected chi connectivity index (χ0v) is 12.6. The fourth-order valence-electron chi connectivity index (χ4n) is 2.81. The largest absolute Gasteiger partial charge is 0.361 e. The van der Waals surface area contributed by atoms with Gasteiger partial charge in [-0.2, -0.15) is 0 Å². The monoisotopic (exact) mass is 291 g/mol. The topological polar surface area (TPSA) is 43.1 Å². The molecule has 0 fully saturated rings. The van der Waals surface area contributed by atoms with Gasteiger partial charge in [0.25, 0.3) is 0 Å². The van der Waals surface area contributed by atoms with Crippen LogP contribution < -0.4 is 0 Å². The maximum atomic E-state index is 12.0. The van der Waals surface area contributed by atoms with Crippen LogP contribution in [0.15, 0.2) is 65.2 Å². The van der Waals surface area contributed by atoms with Gasteiger partial charge < -0.3 is 4.52 Å². The molecule has 3 aromatic rings. The average Bonchev–Trinajstić information content (AvgIpc) is 2.91. The summed E-state index contributed by atoms with van der Waals surface area (Å²) in [6.07, 6.45) is 0. The molecule has 0 amide bonds. The highest BCUT2D eigenvalue weighted by Gasteiger charge is 2.27. The first-order valence-electron chi connectivity index (χ1n) is 7.25. The molecule has 0 atom stereocenters. The fraction of sp³-hybridized carbons (Fsp3) is 0.158. The zero-order valence-electron chi connectivity index (χ0n) is 12.6. The molecule has 0 aliphatic carbocycles. The molecule has 0 N–H and O–H groups in total. The lowest BCUT2D eigenvalue weighted by molar-refractivity contribution is 0.101. The average molecular weight is 291 g/mol. The normalized spacial score (nSPS) is 10.9. The summed E-state index contributed by atoms with van der Waals surface area (Å²) < 4.78 is 5.31. The standard InChI is InChI=1S/C19H17NO2/c1-13(21)17-14(2)22-20-19(17)18(15-9-5-3-6-10-15)16-11-7-4-8-12-16/h3-12,18H,1-2H3. The minimum absolute atomic E-state index is 0.0226. The summed E-state index contributed by atoms with van der Waals surface area (Å²) in [5, 5.41) is 4.19. The maximum absolute atomic E-state index is 12.0. The Morgan fingerprint density at radius 2 is 1.45 bits per heavy atom. The molecule has 0 unspecified atom stereocenters. The summed E-state index contributed by atoms with van der Waals surface area (Å²) in [5.41, 5.74) is 3.44. The molecule has 3 heteroatoms. The van der Waals surface area contributed by atoms with Crippen LogP contribution in [0.1, 0.15) is 45.8 Å². The van der Waals surface area contributed by atoms with Crippen molar-refractivity contribution in [3.8, 4) is 0 Å². The number of aryl methyl sites for hydroxylation is 1. The van der Waals surface area contributed by atoms with Gasteiger partial charge in [0.1, 0.15) is 11.5 Å². The van der Waals surface area contributed by atoms with Crippen molar-refractivity contribution in [1.82, 2.24) is 5.16 Å². The maximum Gasteiger partial charge on any atom is 0.165 e. The Bertz CT molecular complexity index is 736. The number of hydrogen-bond donors (Lipinski definition) is 0. The number of carbonyl (C=O) groups is 1. The smallest absolute Gasteiger partial charge is 0.165 e. The fourth-order valence-corrected chi connectivity index (χ4v) is 2.81. The van der Waals surface area contributed by atoms with Crippen LogP contribution >= 0.6 is 0 Å². The van der Waals surface area contributed by atoms with E-state index in [1.165, 1.54) is 0 Å². The van der Waals surface area contributed by atoms with Gasteiger partial charge in [-0.05, 0) is 25.0 Å². The summed E-state index contributed by atoms with van der Waals surface area (Å²) in [5.74, 6) is 0.434. The second kappa shape index (κ2) is 5.98. The Morgan fingerprint density at radius 3 is 1.91 bits per heavy atom. The minimum atomic E-state index is -0.112. The Balaban J connectivity index is 2.21. The van der Waals surface area contributed by atoms with Crippen LogP contribution in [0.25, 0.3) is 0 Å². The van der Waals surface area contributed by atoms with Crippen LogP contribution in [0.4, 0.5) is 0 Å². The lowest BCUT2D eigenvalue weighted by Gasteiger charge is -2.16. The first-order valence-corrected chi connectivity index (χ1v) is 7.25. The molecule has 0 aliphatic rings. The first kappa shape index (κ1) is 14.3. The Kier molecular flexibility index (Phi) is 3.88. The highest BCUT2D eigenvalue weighted by molar-refractivity contribution is 5.96. The third-order valence-electron chi connectivity index (χ3n) is 3.78. The van der Waals surface area contributed by atoms with Crippen molar-refractivity contribution in [2.45, 2.75) is 19.8 Å². The van der Waals surface area contributed by atoms with Crippen LogP contribution in [-0.2, 0) is 0 Å². The van der Waals surface area contributed by atoms with E-state index >= 15 is 0 Å². The number of rotatable bonds is 4. The second-order valence-corrected chi connectivity index (χ2v) is 5.31. The number of benzene rings is 2. The number of ketones is 1. The van der Waals surface area contributed by atoms with E-state index in [0.29, 0.717) is 17.0 Å². The van der Waals surface area contributed by atoms with Crippen molar-refractivity contribution in [3.05, 3.63) is 88.8 Å². The predicted octanol–water partition coefficient (Wildman–Crippen LogP) is 4.37. The van der Waals surface area contributed by atoms with Gasteiger partial charge in [0.05, 0.1) is 11.5 Å². The summed E-state index contributed by atoms with van der Waals surface area (Å²) in [6.45, 7) is 3.33. The number of hydrogen-bond acceptors (Lipinski definition) is 3. The third-order valence-corrected chi connectivity index (χ3v) is 3.78. The van der Waals surface area contributed by atoms with Crippen molar-refractivity contribution in [2.75, 3.05) is 0 Å². The number of carbonyl (C=O) groups excluding carboxylic acids is 1. The lowest BCUT2D eigenvalue weighted by atomic mass is 9.86. The van der Waals surface area contributed by atoms with Gasteiger partial charge in [-0.3, -0.25) is 4.79 Å². The molecule has 1 aromatic heterocycles. The van der Waals surface area contributed by atoms with Gasteiger partial charge >= 0.3 is 0 Å². The number of Topliss-reactive ketones (excluding diaryl/α,β-unsaturated/α-hetero) is 1. The molecule has 2 aromatic carbocycles. The Labute approximate surface area is 129 Å². The van der Waals surface area contributed by atoms with Crippen LogP contribution in [0.3, 0.4) is 0 Å². The molecule has 110 valence electrons. The van der Waals surface area contributed by atoms with Crippen LogP contribution in [0.2, 0.25) is 0 Å². The molecule has 0 bridgehead atoms. The Hall–Kier alpha value is -2.68. The predicted molar refractivity (Wildman–Crippen MR) is 85.1 cm³/mol. The summed E-state index contributed by atoms with van der Waals surface area (Å²) in [7, 11) is 0. The Morgan fingerprint density at radius 1 is 0.955 bits per heavy atom. The van der Waals surface area contributed by atoms with Crippen molar-refractivity contribution in [1.29, 1.82) is 0 Å². The second-order valence-electron chi connectivity index (χ2n) is 5.31. The van der Waals surface area contributed by atoms with Crippen LogP contribution in [0.5, 0.6) is 0 Å². The van der Waals surface area contributed by atoms with Crippen molar-refractivity contribution in [2.24, 2.45) is 0 Å². The molecule has 1 heterocycles. The SMILES string of the molecule is CC(=O)c1c(C(c2ccccc2)c2ccccc2)noc1C. The minimum Gasteiger partial charge on any atom is -0.361 e.